The molecule has 8 heteroatoms. The molecule has 1 aromatic carbocycles. The third-order valence-electron chi connectivity index (χ3n) is 5.71. The van der Waals surface area contributed by atoms with Crippen LogP contribution in [0.4, 0.5) is 5.69 Å². The van der Waals surface area contributed by atoms with Crippen molar-refractivity contribution in [2.75, 3.05) is 11.4 Å². The Balaban J connectivity index is 1.63. The SMILES string of the molecule is Cc1cccc(N(C(=O)CNC(=O)c2ccco2)[C@H](C(=O)NC2CCCC2)c2cccs2)c1. The van der Waals surface area contributed by atoms with Crippen LogP contribution < -0.4 is 15.5 Å². The zero-order chi connectivity index (χ0) is 23.2. The lowest BCUT2D eigenvalue weighted by Crippen LogP contribution is -2.49. The molecular formula is C25H27N3O4S. The summed E-state index contributed by atoms with van der Waals surface area (Å²) in [6, 6.07) is 13.6. The minimum Gasteiger partial charge on any atom is -0.459 e. The van der Waals surface area contributed by atoms with Gasteiger partial charge in [0.25, 0.3) is 5.91 Å². The van der Waals surface area contributed by atoms with Gasteiger partial charge in [0.15, 0.2) is 5.76 Å². The second-order valence-electron chi connectivity index (χ2n) is 8.17. The van der Waals surface area contributed by atoms with Crippen LogP contribution in [0.25, 0.3) is 0 Å². The molecule has 172 valence electrons. The summed E-state index contributed by atoms with van der Waals surface area (Å²) >= 11 is 1.43. The van der Waals surface area contributed by atoms with Gasteiger partial charge >= 0.3 is 0 Å². The highest BCUT2D eigenvalue weighted by Gasteiger charge is 2.35. The van der Waals surface area contributed by atoms with E-state index in [1.54, 1.807) is 6.07 Å². The number of hydrogen-bond acceptors (Lipinski definition) is 5. The van der Waals surface area contributed by atoms with Crippen LogP contribution in [0.5, 0.6) is 0 Å². The number of nitrogens with one attached hydrogen (secondary N) is 2. The molecule has 7 nitrogen and oxygen atoms in total. The molecular weight excluding hydrogens is 438 g/mol. The first-order valence-corrected chi connectivity index (χ1v) is 11.9. The maximum Gasteiger partial charge on any atom is 0.287 e. The fourth-order valence-corrected chi connectivity index (χ4v) is 4.93. The lowest BCUT2D eigenvalue weighted by molar-refractivity contribution is -0.126. The lowest BCUT2D eigenvalue weighted by atomic mass is 10.1. The molecule has 33 heavy (non-hydrogen) atoms. The zero-order valence-electron chi connectivity index (χ0n) is 18.5. The number of aryl methyl sites for hydroxylation is 1. The Morgan fingerprint density at radius 3 is 2.61 bits per heavy atom. The maximum absolute atomic E-state index is 13.5. The molecule has 1 saturated carbocycles. The summed E-state index contributed by atoms with van der Waals surface area (Å²) in [5.74, 6) is -0.962. The Morgan fingerprint density at radius 1 is 1.12 bits per heavy atom. The molecule has 3 amide bonds. The molecule has 0 spiro atoms. The molecule has 2 aromatic heterocycles. The van der Waals surface area contributed by atoms with E-state index in [0.717, 1.165) is 36.1 Å². The number of carbonyl (C=O) groups is 3. The average molecular weight is 466 g/mol. The van der Waals surface area contributed by atoms with Gasteiger partial charge in [0.1, 0.15) is 6.04 Å². The third kappa shape index (κ3) is 5.51. The fraction of sp³-hybridized carbons (Fsp3) is 0.320. The molecule has 1 aliphatic rings. The Bertz CT molecular complexity index is 1090. The molecule has 3 aromatic rings. The van der Waals surface area contributed by atoms with Crippen LogP contribution in [-0.2, 0) is 9.59 Å². The molecule has 0 aliphatic heterocycles. The molecule has 0 unspecified atom stereocenters. The minimum absolute atomic E-state index is 0.119. The average Bonchev–Trinajstić information content (AvgIpc) is 3.58. The fourth-order valence-electron chi connectivity index (χ4n) is 4.12. The largest absolute Gasteiger partial charge is 0.459 e. The Morgan fingerprint density at radius 2 is 1.94 bits per heavy atom. The normalized spacial score (nSPS) is 14.6. The summed E-state index contributed by atoms with van der Waals surface area (Å²) < 4.78 is 5.11. The highest BCUT2D eigenvalue weighted by Crippen LogP contribution is 2.32. The van der Waals surface area contributed by atoms with Crippen molar-refractivity contribution in [1.29, 1.82) is 0 Å². The van der Waals surface area contributed by atoms with E-state index in [1.165, 1.54) is 28.6 Å². The van der Waals surface area contributed by atoms with E-state index in [0.29, 0.717) is 5.69 Å². The van der Waals surface area contributed by atoms with Crippen LogP contribution in [0.3, 0.4) is 0 Å². The van der Waals surface area contributed by atoms with Gasteiger partial charge in [0.05, 0.1) is 12.8 Å². The highest BCUT2D eigenvalue weighted by molar-refractivity contribution is 7.10. The second kappa shape index (κ2) is 10.5. The van der Waals surface area contributed by atoms with E-state index >= 15 is 0 Å². The van der Waals surface area contributed by atoms with Crippen molar-refractivity contribution in [3.05, 3.63) is 76.4 Å². The van der Waals surface area contributed by atoms with E-state index < -0.39 is 11.9 Å². The van der Waals surface area contributed by atoms with E-state index in [2.05, 4.69) is 10.6 Å². The van der Waals surface area contributed by atoms with Crippen LogP contribution in [0.1, 0.15) is 52.7 Å². The molecule has 0 saturated heterocycles. The van der Waals surface area contributed by atoms with Crippen molar-refractivity contribution in [3.8, 4) is 0 Å². The van der Waals surface area contributed by atoms with Crippen molar-refractivity contribution in [1.82, 2.24) is 10.6 Å². The van der Waals surface area contributed by atoms with Gasteiger partial charge < -0.3 is 15.1 Å². The smallest absolute Gasteiger partial charge is 0.287 e. The minimum atomic E-state index is -0.833. The van der Waals surface area contributed by atoms with Gasteiger partial charge in [-0.25, -0.2) is 0 Å². The zero-order valence-corrected chi connectivity index (χ0v) is 19.3. The van der Waals surface area contributed by atoms with E-state index in [4.69, 9.17) is 4.42 Å². The van der Waals surface area contributed by atoms with Crippen LogP contribution in [0.15, 0.2) is 64.6 Å². The predicted octanol–water partition coefficient (Wildman–Crippen LogP) is 4.21. The van der Waals surface area contributed by atoms with Crippen LogP contribution in [0, 0.1) is 6.92 Å². The van der Waals surface area contributed by atoms with Crippen molar-refractivity contribution < 1.29 is 18.8 Å². The number of furan rings is 1. The first-order chi connectivity index (χ1) is 16.0. The Kier molecular flexibility index (Phi) is 7.24. The van der Waals surface area contributed by atoms with Gasteiger partial charge in [-0.15, -0.1) is 11.3 Å². The number of anilines is 1. The maximum atomic E-state index is 13.5. The van der Waals surface area contributed by atoms with Crippen LogP contribution in [0.2, 0.25) is 0 Å². The van der Waals surface area contributed by atoms with Crippen molar-refractivity contribution in [2.45, 2.75) is 44.7 Å². The molecule has 1 fully saturated rings. The van der Waals surface area contributed by atoms with Gasteiger partial charge in [0.2, 0.25) is 11.8 Å². The Labute approximate surface area is 196 Å². The summed E-state index contributed by atoms with van der Waals surface area (Å²) in [5.41, 5.74) is 1.57. The monoisotopic (exact) mass is 465 g/mol. The summed E-state index contributed by atoms with van der Waals surface area (Å²) in [5, 5.41) is 7.65. The van der Waals surface area contributed by atoms with Gasteiger partial charge in [-0.1, -0.05) is 31.0 Å². The van der Waals surface area contributed by atoms with Crippen molar-refractivity contribution in [2.24, 2.45) is 0 Å². The molecule has 1 aliphatic carbocycles. The lowest BCUT2D eigenvalue weighted by Gasteiger charge is -2.31. The predicted molar refractivity (Wildman–Crippen MR) is 127 cm³/mol. The quantitative estimate of drug-likeness (QED) is 0.521. The third-order valence-corrected chi connectivity index (χ3v) is 6.64. The number of thiophene rings is 1. The van der Waals surface area contributed by atoms with Crippen molar-refractivity contribution >= 4 is 34.7 Å². The molecule has 4 rings (SSSR count). The first-order valence-electron chi connectivity index (χ1n) is 11.1. The number of benzene rings is 1. The molecule has 0 radical (unpaired) electrons. The summed E-state index contributed by atoms with van der Waals surface area (Å²) in [6.45, 7) is 1.66. The summed E-state index contributed by atoms with van der Waals surface area (Å²) in [4.78, 5) is 41.6. The van der Waals surface area contributed by atoms with E-state index in [9.17, 15) is 14.4 Å². The van der Waals surface area contributed by atoms with Gasteiger partial charge in [-0.2, -0.15) is 0 Å². The van der Waals surface area contributed by atoms with Gasteiger partial charge in [-0.05, 0) is 61.0 Å². The number of carbonyl (C=O) groups excluding carboxylic acids is 3. The second-order valence-corrected chi connectivity index (χ2v) is 9.15. The molecule has 2 N–H and O–H groups in total. The topological polar surface area (TPSA) is 91.7 Å². The standard InChI is InChI=1S/C25H27N3O4S/c1-17-7-4-10-19(15-17)28(22(29)16-26-24(30)20-11-5-13-32-20)23(21-12-6-14-33-21)25(31)27-18-8-2-3-9-18/h4-7,10-15,18,23H,2-3,8-9,16H2,1H3,(H,26,30)(H,27,31)/t23-/m0/s1. The summed E-state index contributed by atoms with van der Waals surface area (Å²) in [6.07, 6.45) is 5.47. The number of rotatable bonds is 8. The molecule has 1 atom stereocenters. The molecule has 2 heterocycles. The van der Waals surface area contributed by atoms with Crippen LogP contribution >= 0.6 is 11.3 Å². The number of amides is 3. The number of hydrogen-bond donors (Lipinski definition) is 2. The highest BCUT2D eigenvalue weighted by atomic mass is 32.1. The van der Waals surface area contributed by atoms with Crippen molar-refractivity contribution in [3.63, 3.8) is 0 Å². The Hall–Kier alpha value is -3.39. The van der Waals surface area contributed by atoms with Crippen LogP contribution in [-0.4, -0.2) is 30.3 Å². The molecule has 0 bridgehead atoms. The van der Waals surface area contributed by atoms with E-state index in [-0.39, 0.29) is 30.2 Å². The first kappa shape index (κ1) is 22.8. The van der Waals surface area contributed by atoms with E-state index in [1.807, 2.05) is 48.7 Å². The van der Waals surface area contributed by atoms with Gasteiger partial charge in [-0.3, -0.25) is 19.3 Å². The van der Waals surface area contributed by atoms with Gasteiger partial charge in [0, 0.05) is 16.6 Å². The number of nitrogens with zero attached hydrogens (tertiary/aromatic N) is 1. The summed E-state index contributed by atoms with van der Waals surface area (Å²) in [7, 11) is 0.